The molecular formula is C22H20N2O3S. The summed E-state index contributed by atoms with van der Waals surface area (Å²) in [6, 6.07) is 13.9. The molecule has 5 nitrogen and oxygen atoms in total. The van der Waals surface area contributed by atoms with Gasteiger partial charge in [0.05, 0.1) is 5.25 Å². The molecule has 28 heavy (non-hydrogen) atoms. The van der Waals surface area contributed by atoms with Gasteiger partial charge in [0.2, 0.25) is 17.7 Å². The second-order valence-corrected chi connectivity index (χ2v) is 7.94. The Hall–Kier alpha value is -2.86. The minimum absolute atomic E-state index is 0.0802. The molecule has 0 spiro atoms. The molecular weight excluding hydrogens is 372 g/mol. The van der Waals surface area contributed by atoms with Gasteiger partial charge in [0, 0.05) is 25.1 Å². The molecule has 3 amide bonds. The minimum atomic E-state index is -0.320. The number of rotatable bonds is 5. The highest BCUT2D eigenvalue weighted by atomic mass is 32.2. The van der Waals surface area contributed by atoms with Crippen LogP contribution in [0.5, 0.6) is 0 Å². The molecule has 1 N–H and O–H groups in total. The van der Waals surface area contributed by atoms with E-state index in [9.17, 15) is 14.4 Å². The van der Waals surface area contributed by atoms with E-state index in [0.717, 1.165) is 27.8 Å². The summed E-state index contributed by atoms with van der Waals surface area (Å²) in [5.74, 6) is -0.630. The molecule has 1 aliphatic carbocycles. The monoisotopic (exact) mass is 392 g/mol. The van der Waals surface area contributed by atoms with Gasteiger partial charge in [-0.3, -0.25) is 19.3 Å². The van der Waals surface area contributed by atoms with Crippen LogP contribution >= 0.6 is 11.8 Å². The van der Waals surface area contributed by atoms with Gasteiger partial charge in [0.1, 0.15) is 0 Å². The van der Waals surface area contributed by atoms with Gasteiger partial charge in [-0.1, -0.05) is 36.9 Å². The molecule has 1 saturated heterocycles. The van der Waals surface area contributed by atoms with Gasteiger partial charge in [0.15, 0.2) is 0 Å². The van der Waals surface area contributed by atoms with E-state index in [1.165, 1.54) is 16.7 Å². The predicted octanol–water partition coefficient (Wildman–Crippen LogP) is 3.55. The second-order valence-electron chi connectivity index (χ2n) is 6.89. The second kappa shape index (κ2) is 7.28. The Balaban J connectivity index is 1.42. The van der Waals surface area contributed by atoms with E-state index in [4.69, 9.17) is 0 Å². The summed E-state index contributed by atoms with van der Waals surface area (Å²) in [7, 11) is 0. The van der Waals surface area contributed by atoms with Gasteiger partial charge in [0.25, 0.3) is 0 Å². The zero-order valence-electron chi connectivity index (χ0n) is 15.5. The van der Waals surface area contributed by atoms with Crippen LogP contribution in [0.4, 0.5) is 5.69 Å². The lowest BCUT2D eigenvalue weighted by Gasteiger charge is -2.14. The zero-order valence-corrected chi connectivity index (χ0v) is 16.3. The maximum atomic E-state index is 12.3. The van der Waals surface area contributed by atoms with Crippen LogP contribution in [0, 0.1) is 0 Å². The lowest BCUT2D eigenvalue weighted by molar-refractivity contribution is -0.138. The van der Waals surface area contributed by atoms with Gasteiger partial charge >= 0.3 is 0 Å². The maximum Gasteiger partial charge on any atom is 0.242 e. The van der Waals surface area contributed by atoms with Crippen LogP contribution in [0.1, 0.15) is 24.0 Å². The normalized spacial score (nSPS) is 17.7. The van der Waals surface area contributed by atoms with Crippen molar-refractivity contribution in [1.29, 1.82) is 0 Å². The molecule has 142 valence electrons. The fourth-order valence-corrected chi connectivity index (χ4v) is 4.38. The van der Waals surface area contributed by atoms with Crippen molar-refractivity contribution in [2.45, 2.75) is 18.1 Å². The lowest BCUT2D eigenvalue weighted by Crippen LogP contribution is -2.34. The minimum Gasteiger partial charge on any atom is -0.326 e. The van der Waals surface area contributed by atoms with Crippen molar-refractivity contribution in [1.82, 2.24) is 4.90 Å². The highest BCUT2D eigenvalue weighted by Crippen LogP contribution is 2.44. The van der Waals surface area contributed by atoms with Crippen LogP contribution in [0.15, 0.2) is 49.0 Å². The van der Waals surface area contributed by atoms with Gasteiger partial charge in [-0.05, 0) is 46.2 Å². The lowest BCUT2D eigenvalue weighted by atomic mass is 10.1. The van der Waals surface area contributed by atoms with Crippen molar-refractivity contribution in [2.24, 2.45) is 0 Å². The molecule has 1 atom stereocenters. The number of amides is 3. The Labute approximate surface area is 167 Å². The van der Waals surface area contributed by atoms with E-state index >= 15 is 0 Å². The van der Waals surface area contributed by atoms with Gasteiger partial charge in [-0.15, -0.1) is 0 Å². The summed E-state index contributed by atoms with van der Waals surface area (Å²) in [4.78, 5) is 37.6. The molecule has 2 aliphatic rings. The number of hydrogen-bond acceptors (Lipinski definition) is 4. The first-order valence-electron chi connectivity index (χ1n) is 9.09. The number of thioether (sulfide) groups is 1. The summed E-state index contributed by atoms with van der Waals surface area (Å²) in [5, 5.41) is 2.54. The molecule has 1 fully saturated rings. The van der Waals surface area contributed by atoms with E-state index in [2.05, 4.69) is 18.0 Å². The molecule has 0 aromatic heterocycles. The quantitative estimate of drug-likeness (QED) is 0.675. The van der Waals surface area contributed by atoms with E-state index in [0.29, 0.717) is 5.69 Å². The van der Waals surface area contributed by atoms with E-state index in [1.54, 1.807) is 0 Å². The Morgan fingerprint density at radius 1 is 1.14 bits per heavy atom. The Morgan fingerprint density at radius 3 is 2.57 bits per heavy atom. The Bertz CT molecular complexity index is 1010. The van der Waals surface area contributed by atoms with Crippen molar-refractivity contribution in [3.8, 4) is 11.1 Å². The van der Waals surface area contributed by atoms with Crippen molar-refractivity contribution >= 4 is 40.7 Å². The molecule has 1 unspecified atom stereocenters. The van der Waals surface area contributed by atoms with Crippen LogP contribution in [0.3, 0.4) is 0 Å². The SMILES string of the molecule is C=C1c2ccccc2-c2ccc(NC(=O)CCN3C(=O)CC(SC)C3=O)cc21. The van der Waals surface area contributed by atoms with Crippen LogP contribution in [-0.2, 0) is 14.4 Å². The van der Waals surface area contributed by atoms with Crippen LogP contribution in [0.25, 0.3) is 16.7 Å². The number of carbonyl (C=O) groups excluding carboxylic acids is 3. The number of nitrogens with one attached hydrogen (secondary N) is 1. The first-order chi connectivity index (χ1) is 13.5. The Kier molecular flexibility index (Phi) is 4.81. The molecule has 6 heteroatoms. The number of hydrogen-bond donors (Lipinski definition) is 1. The number of benzene rings is 2. The third-order valence-electron chi connectivity index (χ3n) is 5.22. The smallest absolute Gasteiger partial charge is 0.242 e. The maximum absolute atomic E-state index is 12.3. The summed E-state index contributed by atoms with van der Waals surface area (Å²) in [5.41, 5.74) is 5.99. The Morgan fingerprint density at radius 2 is 1.86 bits per heavy atom. The summed E-state index contributed by atoms with van der Waals surface area (Å²) < 4.78 is 0. The molecule has 2 aromatic rings. The van der Waals surface area contributed by atoms with Gasteiger partial charge < -0.3 is 5.32 Å². The number of anilines is 1. The van der Waals surface area contributed by atoms with Crippen LogP contribution in [-0.4, -0.2) is 40.7 Å². The number of likely N-dealkylation sites (tertiary alicyclic amines) is 1. The summed E-state index contributed by atoms with van der Waals surface area (Å²) in [6.07, 6.45) is 2.11. The molecule has 2 aromatic carbocycles. The summed E-state index contributed by atoms with van der Waals surface area (Å²) >= 11 is 1.37. The van der Waals surface area contributed by atoms with Crippen molar-refractivity contribution in [2.75, 3.05) is 18.1 Å². The largest absolute Gasteiger partial charge is 0.326 e. The van der Waals surface area contributed by atoms with E-state index < -0.39 is 0 Å². The number of fused-ring (bicyclic) bond motifs is 3. The zero-order chi connectivity index (χ0) is 19.8. The van der Waals surface area contributed by atoms with Crippen molar-refractivity contribution < 1.29 is 14.4 Å². The average molecular weight is 392 g/mol. The van der Waals surface area contributed by atoms with E-state index in [-0.39, 0.29) is 42.4 Å². The van der Waals surface area contributed by atoms with Gasteiger partial charge in [-0.25, -0.2) is 0 Å². The van der Waals surface area contributed by atoms with Crippen molar-refractivity contribution in [3.05, 3.63) is 60.2 Å². The number of nitrogens with zero attached hydrogens (tertiary/aromatic N) is 1. The highest BCUT2D eigenvalue weighted by molar-refractivity contribution is 8.00. The third kappa shape index (κ3) is 3.14. The molecule has 1 aliphatic heterocycles. The molecule has 1 heterocycles. The topological polar surface area (TPSA) is 66.5 Å². The fraction of sp³-hybridized carbons (Fsp3) is 0.227. The first kappa shape index (κ1) is 18.5. The fourth-order valence-electron chi connectivity index (χ4n) is 3.74. The number of carbonyl (C=O) groups is 3. The summed E-state index contributed by atoms with van der Waals surface area (Å²) in [6.45, 7) is 4.30. The average Bonchev–Trinajstić information content (AvgIpc) is 3.14. The van der Waals surface area contributed by atoms with Gasteiger partial charge in [-0.2, -0.15) is 11.8 Å². The highest BCUT2D eigenvalue weighted by Gasteiger charge is 2.37. The molecule has 0 bridgehead atoms. The van der Waals surface area contributed by atoms with Crippen LogP contribution in [0.2, 0.25) is 0 Å². The van der Waals surface area contributed by atoms with E-state index in [1.807, 2.05) is 42.7 Å². The molecule has 0 saturated carbocycles. The molecule has 0 radical (unpaired) electrons. The first-order valence-corrected chi connectivity index (χ1v) is 10.4. The standard InChI is InChI=1S/C22H20N2O3S/c1-13-15-5-3-4-6-16(15)17-8-7-14(11-18(13)17)23-20(25)9-10-24-21(26)12-19(28-2)22(24)27/h3-8,11,19H,1,9-10,12H2,2H3,(H,23,25). The predicted molar refractivity (Wildman–Crippen MR) is 112 cm³/mol. The third-order valence-corrected chi connectivity index (χ3v) is 6.16. The van der Waals surface area contributed by atoms with Crippen molar-refractivity contribution in [3.63, 3.8) is 0 Å². The van der Waals surface area contributed by atoms with Crippen LogP contribution < -0.4 is 5.32 Å². The molecule has 4 rings (SSSR count). The number of imide groups is 1.